The standard InChI is InChI=1S/C26H23Cl2N5O4/c1-13(2)32-20(18-12-30-26(37-4)31-24(18)36-3)10-17-22(32)21(14-5-7-15(27)8-6-14)33(25(17)35)16-9-19(28)23(34)29-11-16/h5-13,21H,1-4H3,(H,29,34). The van der Waals surface area contributed by atoms with Gasteiger partial charge in [-0.2, -0.15) is 4.98 Å². The van der Waals surface area contributed by atoms with Gasteiger partial charge in [0.2, 0.25) is 5.88 Å². The minimum Gasteiger partial charge on any atom is -0.480 e. The van der Waals surface area contributed by atoms with E-state index in [-0.39, 0.29) is 23.0 Å². The van der Waals surface area contributed by atoms with Crippen molar-refractivity contribution in [3.8, 4) is 23.1 Å². The van der Waals surface area contributed by atoms with Crippen LogP contribution >= 0.6 is 23.2 Å². The fraction of sp³-hybridized carbons (Fsp3) is 0.231. The predicted molar refractivity (Wildman–Crippen MR) is 141 cm³/mol. The van der Waals surface area contributed by atoms with Crippen LogP contribution in [0.3, 0.4) is 0 Å². The van der Waals surface area contributed by atoms with Crippen LogP contribution in [0.25, 0.3) is 11.3 Å². The monoisotopic (exact) mass is 539 g/mol. The van der Waals surface area contributed by atoms with Gasteiger partial charge in [0.05, 0.1) is 42.4 Å². The van der Waals surface area contributed by atoms with Gasteiger partial charge < -0.3 is 19.0 Å². The van der Waals surface area contributed by atoms with E-state index in [9.17, 15) is 9.59 Å². The second-order valence-corrected chi connectivity index (χ2v) is 9.58. The molecule has 1 atom stereocenters. The third kappa shape index (κ3) is 4.14. The molecule has 0 spiro atoms. The minimum atomic E-state index is -0.525. The third-order valence-electron chi connectivity index (χ3n) is 6.25. The van der Waals surface area contributed by atoms with Crippen LogP contribution in [-0.2, 0) is 0 Å². The number of fused-ring (bicyclic) bond motifs is 1. The first-order chi connectivity index (χ1) is 17.7. The molecule has 1 aromatic carbocycles. The van der Waals surface area contributed by atoms with Gasteiger partial charge in [0.25, 0.3) is 11.5 Å². The Morgan fingerprint density at radius 1 is 1.03 bits per heavy atom. The van der Waals surface area contributed by atoms with Gasteiger partial charge in [0.1, 0.15) is 11.1 Å². The number of pyridine rings is 1. The maximum absolute atomic E-state index is 14.0. The first-order valence-electron chi connectivity index (χ1n) is 11.4. The Kier molecular flexibility index (Phi) is 6.43. The predicted octanol–water partition coefficient (Wildman–Crippen LogP) is 5.29. The summed E-state index contributed by atoms with van der Waals surface area (Å²) < 4.78 is 12.8. The number of ether oxygens (including phenoxy) is 2. The summed E-state index contributed by atoms with van der Waals surface area (Å²) in [5, 5.41) is 0.566. The molecule has 0 radical (unpaired) electrons. The van der Waals surface area contributed by atoms with Gasteiger partial charge in [0, 0.05) is 23.5 Å². The van der Waals surface area contributed by atoms with Gasteiger partial charge in [-0.05, 0) is 43.7 Å². The molecular weight excluding hydrogens is 517 g/mol. The van der Waals surface area contributed by atoms with Crippen molar-refractivity contribution in [3.05, 3.63) is 86.0 Å². The summed E-state index contributed by atoms with van der Waals surface area (Å²) in [5.41, 5.74) is 3.49. The zero-order valence-corrected chi connectivity index (χ0v) is 22.0. The number of carbonyl (C=O) groups excluding carboxylic acids is 1. The molecule has 0 fully saturated rings. The van der Waals surface area contributed by atoms with Gasteiger partial charge in [-0.25, -0.2) is 4.98 Å². The van der Waals surface area contributed by atoms with Gasteiger partial charge in [-0.1, -0.05) is 35.3 Å². The molecule has 0 aliphatic carbocycles. The smallest absolute Gasteiger partial charge is 0.319 e. The summed E-state index contributed by atoms with van der Waals surface area (Å²) in [6, 6.07) is 10.2. The molecule has 1 unspecified atom stereocenters. The van der Waals surface area contributed by atoms with Gasteiger partial charge >= 0.3 is 6.01 Å². The van der Waals surface area contributed by atoms with E-state index in [0.29, 0.717) is 27.7 Å². The average molecular weight is 540 g/mol. The fourth-order valence-electron chi connectivity index (χ4n) is 4.71. The highest BCUT2D eigenvalue weighted by Crippen LogP contribution is 2.47. The number of aromatic nitrogens is 4. The molecule has 11 heteroatoms. The highest BCUT2D eigenvalue weighted by atomic mass is 35.5. The lowest BCUT2D eigenvalue weighted by Crippen LogP contribution is -2.30. The van der Waals surface area contributed by atoms with Crippen molar-refractivity contribution < 1.29 is 14.3 Å². The van der Waals surface area contributed by atoms with Crippen LogP contribution in [0.2, 0.25) is 10.0 Å². The highest BCUT2D eigenvalue weighted by molar-refractivity contribution is 6.31. The molecular formula is C26H23Cl2N5O4. The Bertz CT molecular complexity index is 1560. The Balaban J connectivity index is 1.77. The first-order valence-corrected chi connectivity index (χ1v) is 12.2. The molecule has 9 nitrogen and oxygen atoms in total. The molecule has 1 N–H and O–H groups in total. The number of methoxy groups -OCH3 is 2. The number of nitrogens with zero attached hydrogens (tertiary/aromatic N) is 4. The number of carbonyl (C=O) groups is 1. The Morgan fingerprint density at radius 2 is 1.76 bits per heavy atom. The van der Waals surface area contributed by atoms with Crippen LogP contribution < -0.4 is 19.9 Å². The molecule has 5 rings (SSSR count). The van der Waals surface area contributed by atoms with Crippen LogP contribution in [0.1, 0.15) is 47.5 Å². The number of hydrogen-bond donors (Lipinski definition) is 1. The molecule has 4 aromatic rings. The number of anilines is 1. The second kappa shape index (κ2) is 9.57. The zero-order chi connectivity index (χ0) is 26.4. The maximum Gasteiger partial charge on any atom is 0.319 e. The summed E-state index contributed by atoms with van der Waals surface area (Å²) >= 11 is 12.3. The number of benzene rings is 1. The topological polar surface area (TPSA) is 102 Å². The van der Waals surface area contributed by atoms with Crippen LogP contribution in [0, 0.1) is 0 Å². The molecule has 0 saturated heterocycles. The van der Waals surface area contributed by atoms with E-state index in [1.54, 1.807) is 23.2 Å². The summed E-state index contributed by atoms with van der Waals surface area (Å²) in [5.74, 6) is 0.0804. The fourth-order valence-corrected chi connectivity index (χ4v) is 5.00. The number of H-pyrrole nitrogens is 1. The van der Waals surface area contributed by atoms with Crippen molar-refractivity contribution in [2.24, 2.45) is 0 Å². The largest absolute Gasteiger partial charge is 0.480 e. The molecule has 0 bridgehead atoms. The van der Waals surface area contributed by atoms with Crippen molar-refractivity contribution in [1.82, 2.24) is 19.5 Å². The van der Waals surface area contributed by atoms with Crippen LogP contribution in [-0.4, -0.2) is 39.6 Å². The quantitative estimate of drug-likeness (QED) is 0.357. The van der Waals surface area contributed by atoms with Crippen LogP contribution in [0.4, 0.5) is 5.69 Å². The van der Waals surface area contributed by atoms with E-state index in [1.165, 1.54) is 26.5 Å². The average Bonchev–Trinajstić information content (AvgIpc) is 3.41. The highest BCUT2D eigenvalue weighted by Gasteiger charge is 2.43. The van der Waals surface area contributed by atoms with E-state index in [0.717, 1.165) is 17.0 Å². The van der Waals surface area contributed by atoms with Gasteiger partial charge in [-0.15, -0.1) is 0 Å². The summed E-state index contributed by atoms with van der Waals surface area (Å²) in [7, 11) is 3.00. The van der Waals surface area contributed by atoms with E-state index in [2.05, 4.69) is 19.5 Å². The Morgan fingerprint density at radius 3 is 2.38 bits per heavy atom. The molecule has 1 aliphatic heterocycles. The number of nitrogens with one attached hydrogen (secondary N) is 1. The minimum absolute atomic E-state index is 0.00993. The Hall–Kier alpha value is -3.82. The molecule has 1 amide bonds. The lowest BCUT2D eigenvalue weighted by atomic mass is 10.0. The normalized spacial score (nSPS) is 14.8. The van der Waals surface area contributed by atoms with Crippen molar-refractivity contribution in [1.29, 1.82) is 0 Å². The number of aromatic amines is 1. The van der Waals surface area contributed by atoms with Crippen molar-refractivity contribution in [2.75, 3.05) is 19.1 Å². The summed E-state index contributed by atoms with van der Waals surface area (Å²) in [6.07, 6.45) is 3.11. The van der Waals surface area contributed by atoms with Crippen molar-refractivity contribution in [2.45, 2.75) is 25.9 Å². The lowest BCUT2D eigenvalue weighted by Gasteiger charge is -2.29. The zero-order valence-electron chi connectivity index (χ0n) is 20.5. The molecule has 190 valence electrons. The lowest BCUT2D eigenvalue weighted by molar-refractivity contribution is 0.0993. The first kappa shape index (κ1) is 24.9. The Labute approximate surface area is 222 Å². The van der Waals surface area contributed by atoms with E-state index in [4.69, 9.17) is 32.7 Å². The summed E-state index contributed by atoms with van der Waals surface area (Å²) in [6.45, 7) is 4.06. The molecule has 1 aliphatic rings. The van der Waals surface area contributed by atoms with E-state index < -0.39 is 11.6 Å². The van der Waals surface area contributed by atoms with E-state index in [1.807, 2.05) is 32.0 Å². The van der Waals surface area contributed by atoms with Gasteiger partial charge in [-0.3, -0.25) is 14.5 Å². The van der Waals surface area contributed by atoms with E-state index >= 15 is 0 Å². The number of halogens is 2. The molecule has 4 heterocycles. The summed E-state index contributed by atoms with van der Waals surface area (Å²) in [4.78, 5) is 38.8. The van der Waals surface area contributed by atoms with Crippen molar-refractivity contribution in [3.63, 3.8) is 0 Å². The molecule has 37 heavy (non-hydrogen) atoms. The number of rotatable bonds is 6. The van der Waals surface area contributed by atoms with Crippen LogP contribution in [0.15, 0.2) is 53.6 Å². The SMILES string of the molecule is COc1ncc(-c2cc3c(n2C(C)C)C(c2ccc(Cl)cc2)N(c2c[nH]c(=O)c(Cl)c2)C3=O)c(OC)n1. The maximum atomic E-state index is 14.0. The van der Waals surface area contributed by atoms with Crippen molar-refractivity contribution >= 4 is 34.8 Å². The second-order valence-electron chi connectivity index (χ2n) is 8.74. The van der Waals surface area contributed by atoms with Crippen LogP contribution in [0.5, 0.6) is 11.9 Å². The molecule has 3 aromatic heterocycles. The number of amides is 1. The third-order valence-corrected chi connectivity index (χ3v) is 6.78. The number of hydrogen-bond acceptors (Lipinski definition) is 6. The van der Waals surface area contributed by atoms with Gasteiger partial charge in [0.15, 0.2) is 0 Å². The molecule has 0 saturated carbocycles.